The highest BCUT2D eigenvalue weighted by Gasteiger charge is 2.31. The van der Waals surface area contributed by atoms with E-state index >= 15 is 0 Å². The van der Waals surface area contributed by atoms with Crippen molar-refractivity contribution in [2.24, 2.45) is 5.41 Å². The molecular weight excluding hydrogens is 374 g/mol. The van der Waals surface area contributed by atoms with E-state index in [0.29, 0.717) is 28.3 Å². The second-order valence-corrected chi connectivity index (χ2v) is 9.35. The molecule has 1 fully saturated rings. The Morgan fingerprint density at radius 2 is 2.00 bits per heavy atom. The molecule has 0 atom stereocenters. The molecule has 0 bridgehead atoms. The third-order valence-electron chi connectivity index (χ3n) is 4.07. The standard InChI is InChI=1S/C15H21BrClNO2S/c1-15(2)6-3-8-18(9-7-15)21(19,20)14-5-4-12(11-17)10-13(14)16/h4-5,10H,3,6-9,11H2,1-2H3. The van der Waals surface area contributed by atoms with Gasteiger partial charge in [0.25, 0.3) is 0 Å². The van der Waals surface area contributed by atoms with Gasteiger partial charge in [0, 0.05) is 23.4 Å². The van der Waals surface area contributed by atoms with Gasteiger partial charge in [0.15, 0.2) is 0 Å². The largest absolute Gasteiger partial charge is 0.244 e. The summed E-state index contributed by atoms with van der Waals surface area (Å²) >= 11 is 9.15. The van der Waals surface area contributed by atoms with Crippen LogP contribution in [-0.4, -0.2) is 25.8 Å². The first-order chi connectivity index (χ1) is 9.76. The Hall–Kier alpha value is -0.100. The van der Waals surface area contributed by atoms with Crippen molar-refractivity contribution in [3.63, 3.8) is 0 Å². The van der Waals surface area contributed by atoms with Crippen LogP contribution in [0.1, 0.15) is 38.7 Å². The average molecular weight is 395 g/mol. The molecule has 1 aromatic carbocycles. The number of rotatable bonds is 3. The van der Waals surface area contributed by atoms with Gasteiger partial charge in [-0.3, -0.25) is 0 Å². The van der Waals surface area contributed by atoms with Crippen molar-refractivity contribution in [2.75, 3.05) is 13.1 Å². The van der Waals surface area contributed by atoms with Gasteiger partial charge in [0.05, 0.1) is 4.90 Å². The van der Waals surface area contributed by atoms with E-state index in [1.54, 1.807) is 22.5 Å². The zero-order valence-corrected chi connectivity index (χ0v) is 15.6. The van der Waals surface area contributed by atoms with Gasteiger partial charge in [-0.2, -0.15) is 4.31 Å². The quantitative estimate of drug-likeness (QED) is 0.713. The molecule has 1 aliphatic heterocycles. The van der Waals surface area contributed by atoms with E-state index in [2.05, 4.69) is 29.8 Å². The van der Waals surface area contributed by atoms with Crippen LogP contribution >= 0.6 is 27.5 Å². The predicted molar refractivity (Wildman–Crippen MR) is 90.1 cm³/mol. The fraction of sp³-hybridized carbons (Fsp3) is 0.600. The van der Waals surface area contributed by atoms with E-state index in [4.69, 9.17) is 11.6 Å². The molecule has 0 unspecified atom stereocenters. The Balaban J connectivity index is 2.29. The number of hydrogen-bond donors (Lipinski definition) is 0. The second kappa shape index (κ2) is 6.57. The number of alkyl halides is 1. The Morgan fingerprint density at radius 3 is 2.62 bits per heavy atom. The number of nitrogens with zero attached hydrogens (tertiary/aromatic N) is 1. The van der Waals surface area contributed by atoms with Crippen molar-refractivity contribution >= 4 is 37.6 Å². The number of benzene rings is 1. The van der Waals surface area contributed by atoms with Crippen molar-refractivity contribution < 1.29 is 8.42 Å². The van der Waals surface area contributed by atoms with Gasteiger partial charge in [-0.1, -0.05) is 19.9 Å². The Kier molecular flexibility index (Phi) is 5.40. The van der Waals surface area contributed by atoms with Crippen molar-refractivity contribution in [1.82, 2.24) is 4.31 Å². The van der Waals surface area contributed by atoms with Crippen LogP contribution in [0, 0.1) is 5.41 Å². The van der Waals surface area contributed by atoms with Gasteiger partial charge in [0.1, 0.15) is 0 Å². The van der Waals surface area contributed by atoms with Crippen LogP contribution in [-0.2, 0) is 15.9 Å². The van der Waals surface area contributed by atoms with Gasteiger partial charge in [-0.25, -0.2) is 8.42 Å². The number of sulfonamides is 1. The molecular formula is C15H21BrClNO2S. The first-order valence-corrected chi connectivity index (χ1v) is 9.88. The summed E-state index contributed by atoms with van der Waals surface area (Å²) in [4.78, 5) is 0.330. The lowest BCUT2D eigenvalue weighted by Gasteiger charge is -2.23. The van der Waals surface area contributed by atoms with Crippen molar-refractivity contribution in [2.45, 2.75) is 43.9 Å². The lowest BCUT2D eigenvalue weighted by Crippen LogP contribution is -2.32. The van der Waals surface area contributed by atoms with E-state index in [0.717, 1.165) is 24.8 Å². The highest BCUT2D eigenvalue weighted by atomic mass is 79.9. The molecule has 1 saturated heterocycles. The van der Waals surface area contributed by atoms with E-state index in [1.807, 2.05) is 0 Å². The zero-order valence-electron chi connectivity index (χ0n) is 12.4. The van der Waals surface area contributed by atoms with E-state index in [1.165, 1.54) is 0 Å². The third-order valence-corrected chi connectivity index (χ3v) is 7.25. The van der Waals surface area contributed by atoms with Crippen molar-refractivity contribution in [1.29, 1.82) is 0 Å². The minimum atomic E-state index is -3.45. The molecule has 1 aliphatic rings. The molecule has 2 rings (SSSR count). The summed E-state index contributed by atoms with van der Waals surface area (Å²) in [5.41, 5.74) is 1.11. The van der Waals surface area contributed by atoms with Crippen LogP contribution < -0.4 is 0 Å². The van der Waals surface area contributed by atoms with Gasteiger partial charge in [-0.05, 0) is 58.3 Å². The fourth-order valence-electron chi connectivity index (χ4n) is 2.61. The van der Waals surface area contributed by atoms with Gasteiger partial charge in [0.2, 0.25) is 10.0 Å². The Labute approximate surface area is 140 Å². The Morgan fingerprint density at radius 1 is 1.29 bits per heavy atom. The SMILES string of the molecule is CC1(C)CCCN(S(=O)(=O)c2ccc(CCl)cc2Br)CC1. The summed E-state index contributed by atoms with van der Waals surface area (Å²) in [5.74, 6) is 0.372. The highest BCUT2D eigenvalue weighted by molar-refractivity contribution is 9.10. The molecule has 21 heavy (non-hydrogen) atoms. The maximum atomic E-state index is 12.8. The van der Waals surface area contributed by atoms with Gasteiger partial charge < -0.3 is 0 Å². The Bertz CT molecular complexity index is 616. The van der Waals surface area contributed by atoms with Crippen LogP contribution in [0.2, 0.25) is 0 Å². The molecule has 6 heteroatoms. The minimum absolute atomic E-state index is 0.212. The first kappa shape index (κ1) is 17.3. The summed E-state index contributed by atoms with van der Waals surface area (Å²) in [6, 6.07) is 5.20. The molecule has 0 saturated carbocycles. The molecule has 0 amide bonds. The summed E-state index contributed by atoms with van der Waals surface area (Å²) < 4.78 is 27.9. The molecule has 1 heterocycles. The summed E-state index contributed by atoms with van der Waals surface area (Å²) in [5, 5.41) is 0. The molecule has 118 valence electrons. The molecule has 1 aromatic rings. The molecule has 0 N–H and O–H groups in total. The van der Waals surface area contributed by atoms with Gasteiger partial charge in [-0.15, -0.1) is 11.6 Å². The van der Waals surface area contributed by atoms with Crippen LogP contribution in [0.3, 0.4) is 0 Å². The molecule has 3 nitrogen and oxygen atoms in total. The zero-order chi connectivity index (χ0) is 15.7. The topological polar surface area (TPSA) is 37.4 Å². The van der Waals surface area contributed by atoms with Crippen LogP contribution in [0.4, 0.5) is 0 Å². The van der Waals surface area contributed by atoms with Crippen molar-refractivity contribution in [3.05, 3.63) is 28.2 Å². The van der Waals surface area contributed by atoms with Crippen molar-refractivity contribution in [3.8, 4) is 0 Å². The lowest BCUT2D eigenvalue weighted by atomic mass is 9.85. The fourth-order valence-corrected chi connectivity index (χ4v) is 5.34. The molecule has 0 aromatic heterocycles. The maximum Gasteiger partial charge on any atom is 0.244 e. The normalized spacial score (nSPS) is 20.2. The van der Waals surface area contributed by atoms with E-state index < -0.39 is 10.0 Å². The lowest BCUT2D eigenvalue weighted by molar-refractivity contribution is 0.315. The summed E-state index contributed by atoms with van der Waals surface area (Å²) in [7, 11) is -3.45. The average Bonchev–Trinajstić information content (AvgIpc) is 2.59. The maximum absolute atomic E-state index is 12.8. The number of hydrogen-bond acceptors (Lipinski definition) is 2. The number of halogens is 2. The van der Waals surface area contributed by atoms with E-state index in [9.17, 15) is 8.42 Å². The van der Waals surface area contributed by atoms with Crippen LogP contribution in [0.15, 0.2) is 27.6 Å². The van der Waals surface area contributed by atoms with E-state index in [-0.39, 0.29) is 5.41 Å². The molecule has 0 spiro atoms. The summed E-state index contributed by atoms with van der Waals surface area (Å²) in [6.07, 6.45) is 2.86. The summed E-state index contributed by atoms with van der Waals surface area (Å²) in [6.45, 7) is 5.58. The van der Waals surface area contributed by atoms with Gasteiger partial charge >= 0.3 is 0 Å². The first-order valence-electron chi connectivity index (χ1n) is 7.11. The minimum Gasteiger partial charge on any atom is -0.207 e. The second-order valence-electron chi connectivity index (χ2n) is 6.32. The molecule has 0 radical (unpaired) electrons. The van der Waals surface area contributed by atoms with Crippen LogP contribution in [0.25, 0.3) is 0 Å². The highest BCUT2D eigenvalue weighted by Crippen LogP contribution is 2.33. The molecule has 0 aliphatic carbocycles. The smallest absolute Gasteiger partial charge is 0.207 e. The monoisotopic (exact) mass is 393 g/mol. The van der Waals surface area contributed by atoms with Crippen LogP contribution in [0.5, 0.6) is 0 Å². The predicted octanol–water partition coefficient (Wildman–Crippen LogP) is 4.39. The third kappa shape index (κ3) is 4.01.